The topological polar surface area (TPSA) is 70.6 Å². The summed E-state index contributed by atoms with van der Waals surface area (Å²) in [4.78, 5) is 14.2. The highest BCUT2D eigenvalue weighted by Gasteiger charge is 2.28. The van der Waals surface area contributed by atoms with Gasteiger partial charge in [0.25, 0.3) is 5.91 Å². The van der Waals surface area contributed by atoms with Crippen molar-refractivity contribution in [2.75, 3.05) is 51.0 Å². The lowest BCUT2D eigenvalue weighted by Crippen LogP contribution is -2.46. The fourth-order valence-corrected chi connectivity index (χ4v) is 5.25. The number of carbonyl (C=O) groups is 1. The predicted octanol–water partition coefficient (Wildman–Crippen LogP) is 4.87. The molecule has 40 heavy (non-hydrogen) atoms. The van der Waals surface area contributed by atoms with Gasteiger partial charge in [-0.2, -0.15) is 0 Å². The second-order valence-corrected chi connectivity index (χ2v) is 10.7. The normalized spacial score (nSPS) is 19.1. The molecule has 212 valence electrons. The van der Waals surface area contributed by atoms with E-state index >= 15 is 0 Å². The van der Waals surface area contributed by atoms with Crippen LogP contribution in [0.5, 0.6) is 5.75 Å². The predicted molar refractivity (Wildman–Crippen MR) is 155 cm³/mol. The zero-order chi connectivity index (χ0) is 28.2. The number of likely N-dealkylation sites (tertiary alicyclic amines) is 1. The highest BCUT2D eigenvalue weighted by atomic mass is 19.1. The summed E-state index contributed by atoms with van der Waals surface area (Å²) in [6.07, 6.45) is 2.25. The van der Waals surface area contributed by atoms with Gasteiger partial charge >= 0.3 is 0 Å². The molecule has 1 aliphatic heterocycles. The van der Waals surface area contributed by atoms with E-state index in [4.69, 9.17) is 4.74 Å². The summed E-state index contributed by atoms with van der Waals surface area (Å²) in [5, 5.41) is 10.2. The number of rotatable bonds is 9. The highest BCUT2D eigenvalue weighted by Crippen LogP contribution is 2.35. The fourth-order valence-electron chi connectivity index (χ4n) is 5.25. The number of amides is 1. The summed E-state index contributed by atoms with van der Waals surface area (Å²) < 4.78 is 37.1. The van der Waals surface area contributed by atoms with Crippen molar-refractivity contribution >= 4 is 28.2 Å². The molecule has 0 spiro atoms. The molecule has 9 heteroatoms. The summed E-state index contributed by atoms with van der Waals surface area (Å²) >= 11 is 0. The number of fused-ring (bicyclic) bond motifs is 1. The second kappa shape index (κ2) is 12.2. The first-order chi connectivity index (χ1) is 19.4. The van der Waals surface area contributed by atoms with Crippen LogP contribution in [0.2, 0.25) is 0 Å². The minimum Gasteiger partial charge on any atom is -0.495 e. The molecule has 1 amide bonds. The molecule has 1 saturated heterocycles. The van der Waals surface area contributed by atoms with Crippen LogP contribution in [0.4, 0.5) is 20.2 Å². The largest absolute Gasteiger partial charge is 0.495 e. The van der Waals surface area contributed by atoms with Gasteiger partial charge in [-0.25, -0.2) is 8.78 Å². The molecule has 2 aromatic carbocycles. The van der Waals surface area contributed by atoms with Gasteiger partial charge in [-0.1, -0.05) is 12.0 Å². The molecule has 1 aliphatic carbocycles. The third-order valence-electron chi connectivity index (χ3n) is 7.62. The van der Waals surface area contributed by atoms with E-state index in [2.05, 4.69) is 44.5 Å². The molecule has 3 aromatic rings. The van der Waals surface area contributed by atoms with Crippen molar-refractivity contribution in [1.82, 2.24) is 14.8 Å². The Morgan fingerprint density at radius 2 is 2.00 bits per heavy atom. The Kier molecular flexibility index (Phi) is 8.46. The van der Waals surface area contributed by atoms with Crippen molar-refractivity contribution < 1.29 is 18.3 Å². The van der Waals surface area contributed by atoms with E-state index in [0.29, 0.717) is 30.4 Å². The molecule has 5 rings (SSSR count). The minimum atomic E-state index is -0.926. The molecule has 2 atom stereocenters. The van der Waals surface area contributed by atoms with Crippen molar-refractivity contribution in [3.8, 4) is 17.6 Å². The van der Waals surface area contributed by atoms with Gasteiger partial charge < -0.3 is 30.2 Å². The van der Waals surface area contributed by atoms with Gasteiger partial charge in [0.1, 0.15) is 17.7 Å². The van der Waals surface area contributed by atoms with Crippen molar-refractivity contribution in [3.63, 3.8) is 0 Å². The number of piperidine rings is 1. The van der Waals surface area contributed by atoms with E-state index in [9.17, 15) is 13.6 Å². The number of benzene rings is 2. The quantitative estimate of drug-likeness (QED) is 0.333. The van der Waals surface area contributed by atoms with Crippen LogP contribution in [-0.2, 0) is 6.54 Å². The maximum absolute atomic E-state index is 14.8. The highest BCUT2D eigenvalue weighted by molar-refractivity contribution is 5.96. The van der Waals surface area contributed by atoms with Gasteiger partial charge in [0.15, 0.2) is 0 Å². The first-order valence-corrected chi connectivity index (χ1v) is 14.0. The molecule has 1 saturated carbocycles. The Bertz CT molecular complexity index is 1440. The number of halogens is 2. The Morgan fingerprint density at radius 3 is 2.73 bits per heavy atom. The summed E-state index contributed by atoms with van der Waals surface area (Å²) in [5.41, 5.74) is 3.26. The fraction of sp³-hybridized carbons (Fsp3) is 0.452. The number of anilines is 2. The number of aromatic nitrogens is 1. The van der Waals surface area contributed by atoms with E-state index in [1.165, 1.54) is 32.1 Å². The van der Waals surface area contributed by atoms with Gasteiger partial charge in [-0.3, -0.25) is 4.79 Å². The van der Waals surface area contributed by atoms with Crippen LogP contribution in [0.3, 0.4) is 0 Å². The number of ether oxygens (including phenoxy) is 1. The van der Waals surface area contributed by atoms with Crippen molar-refractivity contribution in [2.24, 2.45) is 5.92 Å². The zero-order valence-corrected chi connectivity index (χ0v) is 23.3. The van der Waals surface area contributed by atoms with Gasteiger partial charge in [0.05, 0.1) is 42.2 Å². The van der Waals surface area contributed by atoms with Crippen LogP contribution in [0, 0.1) is 23.6 Å². The molecule has 2 unspecified atom stereocenters. The molecule has 2 fully saturated rings. The van der Waals surface area contributed by atoms with Crippen molar-refractivity contribution in [3.05, 3.63) is 53.5 Å². The number of carbonyl (C=O) groups excluding carboxylic acids is 1. The second-order valence-electron chi connectivity index (χ2n) is 10.7. The molecular formula is C31H37F2N5O2. The van der Waals surface area contributed by atoms with Crippen LogP contribution in [0.1, 0.15) is 42.2 Å². The molecule has 1 aromatic heterocycles. The van der Waals surface area contributed by atoms with Gasteiger partial charge in [0, 0.05) is 43.3 Å². The lowest BCUT2D eigenvalue weighted by atomic mass is 10.0. The zero-order valence-electron chi connectivity index (χ0n) is 23.3. The van der Waals surface area contributed by atoms with Gasteiger partial charge in [0.2, 0.25) is 0 Å². The average Bonchev–Trinajstić information content (AvgIpc) is 3.69. The smallest absolute Gasteiger partial charge is 0.254 e. The lowest BCUT2D eigenvalue weighted by molar-refractivity contribution is 0.0951. The van der Waals surface area contributed by atoms with Crippen LogP contribution in [-0.4, -0.2) is 67.9 Å². The first-order valence-electron chi connectivity index (χ1n) is 14.0. The van der Waals surface area contributed by atoms with Crippen molar-refractivity contribution in [2.45, 2.75) is 44.9 Å². The van der Waals surface area contributed by atoms with Crippen LogP contribution < -0.4 is 20.7 Å². The number of alkyl halides is 1. The molecule has 7 nitrogen and oxygen atoms in total. The summed E-state index contributed by atoms with van der Waals surface area (Å²) in [6, 6.07) is 10.6. The standard InChI is InChI=1S/C31H37F2N5O2/c1-4-34-31(39)22-16-30(40-3)28(17-24(22)32)35-13-6-7-21-15-23-26(36-27-12-14-37(2)19-25(27)33)8-5-9-29(23)38(21)18-20-10-11-20/h5,8-9,15-17,20,25,27,35-36H,4,10-14,18-19H2,1-3H3,(H,34,39). The van der Waals surface area contributed by atoms with E-state index in [0.717, 1.165) is 41.8 Å². The summed E-state index contributed by atoms with van der Waals surface area (Å²) in [5.74, 6) is 6.34. The van der Waals surface area contributed by atoms with E-state index in [1.807, 2.05) is 24.1 Å². The third-order valence-corrected chi connectivity index (χ3v) is 7.62. The molecule has 3 N–H and O–H groups in total. The van der Waals surface area contributed by atoms with E-state index < -0.39 is 17.9 Å². The maximum Gasteiger partial charge on any atom is 0.254 e. The monoisotopic (exact) mass is 549 g/mol. The number of nitrogens with one attached hydrogen (secondary N) is 3. The van der Waals surface area contributed by atoms with Crippen LogP contribution in [0.25, 0.3) is 10.9 Å². The van der Waals surface area contributed by atoms with Gasteiger partial charge in [-0.05, 0) is 69.3 Å². The number of methoxy groups -OCH3 is 1. The number of nitrogens with zero attached hydrogens (tertiary/aromatic N) is 2. The molecule has 0 radical (unpaired) electrons. The van der Waals surface area contributed by atoms with E-state index in [1.54, 1.807) is 6.92 Å². The number of hydrogen-bond acceptors (Lipinski definition) is 5. The first kappa shape index (κ1) is 27.8. The van der Waals surface area contributed by atoms with E-state index in [-0.39, 0.29) is 18.2 Å². The maximum atomic E-state index is 14.8. The van der Waals surface area contributed by atoms with Crippen LogP contribution in [0.15, 0.2) is 36.4 Å². The minimum absolute atomic E-state index is 0.0660. The number of hydrogen-bond donors (Lipinski definition) is 3. The summed E-state index contributed by atoms with van der Waals surface area (Å²) in [7, 11) is 3.43. The van der Waals surface area contributed by atoms with Crippen molar-refractivity contribution in [1.29, 1.82) is 0 Å². The average molecular weight is 550 g/mol. The SMILES string of the molecule is CCNC(=O)c1cc(OC)c(NCC#Cc2cc3c(NC4CCN(C)CC4F)cccc3n2CC2CC2)cc1F. The Morgan fingerprint density at radius 1 is 1.18 bits per heavy atom. The Hall–Kier alpha value is -3.77. The van der Waals surface area contributed by atoms with Gasteiger partial charge in [-0.15, -0.1) is 0 Å². The third kappa shape index (κ3) is 6.18. The molecule has 2 heterocycles. The molecule has 2 aliphatic rings. The molecular weight excluding hydrogens is 512 g/mol. The summed E-state index contributed by atoms with van der Waals surface area (Å²) in [6.45, 7) is 4.63. The van der Waals surface area contributed by atoms with Crippen LogP contribution >= 0.6 is 0 Å². The Balaban J connectivity index is 1.37. The molecule has 0 bridgehead atoms. The lowest BCUT2D eigenvalue weighted by Gasteiger charge is -2.33. The Labute approximate surface area is 234 Å².